The van der Waals surface area contributed by atoms with Gasteiger partial charge in [-0.05, 0) is 43.7 Å². The molecule has 1 saturated heterocycles. The fourth-order valence-corrected chi connectivity index (χ4v) is 4.12. The van der Waals surface area contributed by atoms with Gasteiger partial charge in [0, 0.05) is 29.2 Å². The number of benzene rings is 1. The molecule has 1 aromatic heterocycles. The minimum atomic E-state index is 0.627. The maximum atomic E-state index is 3.71. The van der Waals surface area contributed by atoms with Crippen LogP contribution in [0.15, 0.2) is 24.3 Å². The van der Waals surface area contributed by atoms with Crippen LogP contribution >= 0.6 is 0 Å². The first-order valence-corrected chi connectivity index (χ1v) is 7.61. The Kier molecular flexibility index (Phi) is 2.49. The van der Waals surface area contributed by atoms with E-state index in [2.05, 4.69) is 48.0 Å². The Morgan fingerprint density at radius 3 is 2.89 bits per heavy atom. The second-order valence-corrected chi connectivity index (χ2v) is 6.36. The van der Waals surface area contributed by atoms with Crippen molar-refractivity contribution in [1.82, 2.24) is 9.88 Å². The summed E-state index contributed by atoms with van der Waals surface area (Å²) in [4.78, 5) is 6.44. The number of fused-ring (bicyclic) bond motifs is 5. The Balaban J connectivity index is 1.83. The van der Waals surface area contributed by atoms with E-state index >= 15 is 0 Å². The van der Waals surface area contributed by atoms with Gasteiger partial charge in [0.15, 0.2) is 0 Å². The average Bonchev–Trinajstić information content (AvgIpc) is 2.81. The molecular formula is C17H22N2. The SMILES string of the molecule is CC1CCC2c3[nH]c4ccccc4c3CCN2C1C. The zero-order chi connectivity index (χ0) is 13.0. The second-order valence-electron chi connectivity index (χ2n) is 6.36. The van der Waals surface area contributed by atoms with E-state index in [1.807, 2.05) is 0 Å². The molecule has 1 N–H and O–H groups in total. The fraction of sp³-hybridized carbons (Fsp3) is 0.529. The number of hydrogen-bond acceptors (Lipinski definition) is 1. The standard InChI is InChI=1S/C17H22N2/c1-11-7-8-16-17-14(9-10-19(16)12(11)2)13-5-3-4-6-15(13)18-17/h3-6,11-12,16,18H,7-10H2,1-2H3. The number of rotatable bonds is 0. The molecular weight excluding hydrogens is 232 g/mol. The first kappa shape index (κ1) is 11.5. The molecule has 0 saturated carbocycles. The Bertz CT molecular complexity index is 613. The van der Waals surface area contributed by atoms with Gasteiger partial charge in [-0.25, -0.2) is 0 Å². The molecule has 0 bridgehead atoms. The molecule has 2 heteroatoms. The molecule has 0 amide bonds. The number of aromatic nitrogens is 1. The Hall–Kier alpha value is -1.28. The van der Waals surface area contributed by atoms with Crippen molar-refractivity contribution in [3.05, 3.63) is 35.5 Å². The molecule has 3 unspecified atom stereocenters. The highest BCUT2D eigenvalue weighted by atomic mass is 15.2. The van der Waals surface area contributed by atoms with Crippen LogP contribution in [0.25, 0.3) is 10.9 Å². The largest absolute Gasteiger partial charge is 0.357 e. The third kappa shape index (κ3) is 1.59. The van der Waals surface area contributed by atoms with Crippen molar-refractivity contribution in [2.24, 2.45) is 5.92 Å². The molecule has 1 aromatic carbocycles. The lowest BCUT2D eigenvalue weighted by molar-refractivity contribution is 0.0463. The van der Waals surface area contributed by atoms with E-state index in [1.165, 1.54) is 42.4 Å². The van der Waals surface area contributed by atoms with Gasteiger partial charge >= 0.3 is 0 Å². The molecule has 19 heavy (non-hydrogen) atoms. The van der Waals surface area contributed by atoms with E-state index in [9.17, 15) is 0 Å². The lowest BCUT2D eigenvalue weighted by Gasteiger charge is -2.46. The van der Waals surface area contributed by atoms with Gasteiger partial charge in [0.05, 0.1) is 6.04 Å². The Morgan fingerprint density at radius 2 is 2.00 bits per heavy atom. The number of H-pyrrole nitrogens is 1. The third-order valence-electron chi connectivity index (χ3n) is 5.44. The van der Waals surface area contributed by atoms with Crippen LogP contribution in [0.2, 0.25) is 0 Å². The predicted octanol–water partition coefficient (Wildman–Crippen LogP) is 3.89. The molecule has 0 aliphatic carbocycles. The van der Waals surface area contributed by atoms with E-state index in [0.29, 0.717) is 6.04 Å². The van der Waals surface area contributed by atoms with Gasteiger partial charge in [-0.3, -0.25) is 4.90 Å². The summed E-state index contributed by atoms with van der Waals surface area (Å²) in [6.07, 6.45) is 3.87. The zero-order valence-corrected chi connectivity index (χ0v) is 11.8. The molecule has 2 aromatic rings. The van der Waals surface area contributed by atoms with Crippen molar-refractivity contribution in [3.8, 4) is 0 Å². The lowest BCUT2D eigenvalue weighted by Crippen LogP contribution is -2.47. The van der Waals surface area contributed by atoms with Gasteiger partial charge < -0.3 is 4.98 Å². The summed E-state index contributed by atoms with van der Waals surface area (Å²) in [6.45, 7) is 6.04. The number of nitrogens with one attached hydrogen (secondary N) is 1. The van der Waals surface area contributed by atoms with Gasteiger partial charge in [0.1, 0.15) is 0 Å². The summed E-state index contributed by atoms with van der Waals surface area (Å²) in [5, 5.41) is 1.45. The fourth-order valence-electron chi connectivity index (χ4n) is 4.12. The van der Waals surface area contributed by atoms with Crippen LogP contribution in [0.4, 0.5) is 0 Å². The highest BCUT2D eigenvalue weighted by Crippen LogP contribution is 2.42. The Morgan fingerprint density at radius 1 is 1.16 bits per heavy atom. The minimum Gasteiger partial charge on any atom is -0.357 e. The van der Waals surface area contributed by atoms with Crippen LogP contribution in [0.1, 0.15) is 44.0 Å². The number of hydrogen-bond donors (Lipinski definition) is 1. The van der Waals surface area contributed by atoms with Crippen molar-refractivity contribution in [1.29, 1.82) is 0 Å². The van der Waals surface area contributed by atoms with Crippen molar-refractivity contribution in [3.63, 3.8) is 0 Å². The molecule has 4 rings (SSSR count). The Labute approximate surface area is 114 Å². The topological polar surface area (TPSA) is 19.0 Å². The van der Waals surface area contributed by atoms with Crippen molar-refractivity contribution < 1.29 is 0 Å². The summed E-state index contributed by atoms with van der Waals surface area (Å²) in [6, 6.07) is 10.1. The highest BCUT2D eigenvalue weighted by Gasteiger charge is 2.37. The van der Waals surface area contributed by atoms with E-state index in [4.69, 9.17) is 0 Å². The lowest BCUT2D eigenvalue weighted by atomic mass is 9.83. The van der Waals surface area contributed by atoms with Crippen molar-refractivity contribution in [2.45, 2.75) is 45.2 Å². The molecule has 1 fully saturated rings. The minimum absolute atomic E-state index is 0.627. The van der Waals surface area contributed by atoms with Gasteiger partial charge in [-0.2, -0.15) is 0 Å². The van der Waals surface area contributed by atoms with Gasteiger partial charge in [-0.1, -0.05) is 25.1 Å². The summed E-state index contributed by atoms with van der Waals surface area (Å²) in [5.41, 5.74) is 4.41. The first-order chi connectivity index (χ1) is 9.25. The molecule has 3 heterocycles. The quantitative estimate of drug-likeness (QED) is 0.756. The van der Waals surface area contributed by atoms with Crippen LogP contribution in [0.3, 0.4) is 0 Å². The number of piperidine rings is 1. The van der Waals surface area contributed by atoms with Gasteiger partial charge in [0.25, 0.3) is 0 Å². The molecule has 2 nitrogen and oxygen atoms in total. The maximum Gasteiger partial charge on any atom is 0.0504 e. The third-order valence-corrected chi connectivity index (χ3v) is 5.44. The van der Waals surface area contributed by atoms with Crippen LogP contribution in [0, 0.1) is 5.92 Å². The normalized spacial score (nSPS) is 31.2. The summed E-state index contributed by atoms with van der Waals surface area (Å²) < 4.78 is 0. The van der Waals surface area contributed by atoms with Gasteiger partial charge in [0.2, 0.25) is 0 Å². The van der Waals surface area contributed by atoms with Crippen LogP contribution in [-0.2, 0) is 6.42 Å². The monoisotopic (exact) mass is 254 g/mol. The first-order valence-electron chi connectivity index (χ1n) is 7.61. The molecule has 100 valence electrons. The maximum absolute atomic E-state index is 3.71. The second kappa shape index (κ2) is 4.11. The van der Waals surface area contributed by atoms with E-state index in [-0.39, 0.29) is 0 Å². The zero-order valence-electron chi connectivity index (χ0n) is 11.8. The molecule has 0 spiro atoms. The van der Waals surface area contributed by atoms with E-state index < -0.39 is 0 Å². The number of aromatic amines is 1. The van der Waals surface area contributed by atoms with E-state index in [1.54, 1.807) is 5.56 Å². The van der Waals surface area contributed by atoms with Crippen LogP contribution < -0.4 is 0 Å². The van der Waals surface area contributed by atoms with Crippen LogP contribution in [0.5, 0.6) is 0 Å². The van der Waals surface area contributed by atoms with Crippen LogP contribution in [-0.4, -0.2) is 22.5 Å². The van der Waals surface area contributed by atoms with Gasteiger partial charge in [-0.15, -0.1) is 0 Å². The van der Waals surface area contributed by atoms with E-state index in [0.717, 1.165) is 12.0 Å². The molecule has 3 atom stereocenters. The number of para-hydroxylation sites is 1. The molecule has 2 aliphatic rings. The van der Waals surface area contributed by atoms with Crippen molar-refractivity contribution >= 4 is 10.9 Å². The summed E-state index contributed by atoms with van der Waals surface area (Å²) in [7, 11) is 0. The number of nitrogens with zero attached hydrogens (tertiary/aromatic N) is 1. The molecule has 2 aliphatic heterocycles. The average molecular weight is 254 g/mol. The summed E-state index contributed by atoms with van der Waals surface area (Å²) in [5.74, 6) is 0.835. The highest BCUT2D eigenvalue weighted by molar-refractivity contribution is 5.85. The predicted molar refractivity (Wildman–Crippen MR) is 79.3 cm³/mol. The smallest absolute Gasteiger partial charge is 0.0504 e. The molecule has 0 radical (unpaired) electrons. The van der Waals surface area contributed by atoms with Crippen molar-refractivity contribution in [2.75, 3.05) is 6.54 Å². The summed E-state index contributed by atoms with van der Waals surface area (Å²) >= 11 is 0.